The number of hydrogen-bond donors (Lipinski definition) is 0. The molecular formula is C124H88CuN14PPdPt2Rh+. The van der Waals surface area contributed by atoms with E-state index in [1.165, 1.54) is 15.9 Å². The van der Waals surface area contributed by atoms with Crippen molar-refractivity contribution in [3.8, 4) is 135 Å². The van der Waals surface area contributed by atoms with Gasteiger partial charge >= 0.3 is 99.1 Å². The summed E-state index contributed by atoms with van der Waals surface area (Å²) >= 11 is 0. The van der Waals surface area contributed by atoms with Gasteiger partial charge < -0.3 is 33.6 Å². The molecule has 708 valence electrons. The van der Waals surface area contributed by atoms with Crippen LogP contribution in [0.1, 0.15) is 0 Å². The Balaban J connectivity index is 0.000000186. The number of hydrogen-bond acceptors (Lipinski definition) is 14. The normalized spacial score (nSPS) is 9.71. The molecule has 22 aromatic rings. The van der Waals surface area contributed by atoms with Crippen LogP contribution >= 0.6 is 7.92 Å². The van der Waals surface area contributed by atoms with Crippen LogP contribution in [0.15, 0.2) is 511 Å². The second-order valence-electron chi connectivity index (χ2n) is 29.9. The van der Waals surface area contributed by atoms with Crippen molar-refractivity contribution in [1.82, 2.24) is 54.8 Å². The fraction of sp³-hybridized carbons (Fsp3) is 0.00806. The van der Waals surface area contributed by atoms with Gasteiger partial charge in [0.2, 0.25) is 0 Å². The van der Waals surface area contributed by atoms with E-state index in [0.717, 1.165) is 147 Å². The van der Waals surface area contributed by atoms with Gasteiger partial charge in [0.25, 0.3) is 0 Å². The van der Waals surface area contributed by atoms with Crippen LogP contribution < -0.4 is 20.8 Å². The molecule has 144 heavy (non-hydrogen) atoms. The van der Waals surface area contributed by atoms with Crippen molar-refractivity contribution in [3.63, 3.8) is 0 Å². The van der Waals surface area contributed by atoms with Crippen LogP contribution in [0, 0.1) is 72.2 Å². The number of benzene rings is 11. The van der Waals surface area contributed by atoms with Gasteiger partial charge in [0.1, 0.15) is 21.7 Å². The van der Waals surface area contributed by atoms with Crippen molar-refractivity contribution >= 4 is 35.3 Å². The second kappa shape index (κ2) is 62.6. The zero-order chi connectivity index (χ0) is 95.7. The molecule has 0 bridgehead atoms. The Morgan fingerprint density at radius 2 is 0.424 bits per heavy atom. The zero-order valence-corrected chi connectivity index (χ0v) is 87.0. The standard InChI is InChI=1S/C23H17N3.C18H15P.2C17H11N.2C16H11N2.C15H11N3.2CN.Cu.Pd.2Pt.Rh/c1-26(20-12-7-11-19(17-20)21-13-5-6-16-24-21)23-15-8-14-22(25-23)18-9-3-2-4-10-18;1-4-10-16(11-5-1)19(17-12-6-2-7-13-17)18-14-8-3-9-15-18;2*1-2-7-14(8-3-1)15-9-6-10-16(13-15)17-11-4-5-12-18-17;2*1-3-10-17-15(8-1)13-6-5-7-14(12-13)16-9-2-4-11-18-16;1-3-10-16-12(6-1)14-8-5-9-15(18-14)13-7-2-4-11-17-13;2*1-2;;;;;/h2-9,11-16H,1H3;1-15H;2*1-7,9-12H;3*1-11H;;;;;;;/q-2;;2*-2;2*-1;;2*-1;+1;3*+2;+3/p+1. The van der Waals surface area contributed by atoms with Crippen LogP contribution in [0.2, 0.25) is 0 Å². The molecule has 0 aliphatic heterocycles. The van der Waals surface area contributed by atoms with Crippen LogP contribution in [0.5, 0.6) is 0 Å². The van der Waals surface area contributed by atoms with Crippen molar-refractivity contribution in [1.29, 1.82) is 10.5 Å². The molecule has 22 rings (SSSR count). The Hall–Kier alpha value is -15.5. The monoisotopic (exact) mass is 2470 g/mol. The van der Waals surface area contributed by atoms with E-state index in [4.69, 9.17) is 28.7 Å². The Morgan fingerprint density at radius 1 is 0.208 bits per heavy atom. The summed E-state index contributed by atoms with van der Waals surface area (Å²) in [6, 6.07) is 178. The zero-order valence-electron chi connectivity index (χ0n) is 77.3. The Bertz CT molecular complexity index is 6260. The van der Waals surface area contributed by atoms with Crippen molar-refractivity contribution in [2.75, 3.05) is 11.9 Å². The van der Waals surface area contributed by atoms with Crippen LogP contribution in [0.25, 0.3) is 135 Å². The van der Waals surface area contributed by atoms with Gasteiger partial charge in [-0.05, 0) is 138 Å². The fourth-order valence-electron chi connectivity index (χ4n) is 14.2. The number of pyridine rings is 11. The van der Waals surface area contributed by atoms with E-state index in [1.807, 2.05) is 376 Å². The van der Waals surface area contributed by atoms with E-state index in [1.54, 1.807) is 55.8 Å². The fourth-order valence-corrected chi connectivity index (χ4v) is 16.7. The van der Waals surface area contributed by atoms with Gasteiger partial charge in [0.15, 0.2) is 0 Å². The first-order valence-corrected chi connectivity index (χ1v) is 45.8. The van der Waals surface area contributed by atoms with E-state index in [-0.39, 0.29) is 99.1 Å². The van der Waals surface area contributed by atoms with Gasteiger partial charge in [0.05, 0.1) is 30.7 Å². The van der Waals surface area contributed by atoms with Crippen molar-refractivity contribution < 1.29 is 99.1 Å². The first-order valence-electron chi connectivity index (χ1n) is 44.3. The molecular weight excluding hydrogens is 2380 g/mol. The molecule has 14 nitrogen and oxygen atoms in total. The summed E-state index contributed by atoms with van der Waals surface area (Å²) in [4.78, 5) is 50.4. The smallest absolute Gasteiger partial charge is 0.512 e. The number of anilines is 2. The Labute approximate surface area is 910 Å². The summed E-state index contributed by atoms with van der Waals surface area (Å²) in [5.41, 5.74) is 23.9. The number of rotatable bonds is 17. The number of aromatic nitrogens is 11. The van der Waals surface area contributed by atoms with Gasteiger partial charge in [-0.3, -0.25) is 44.9 Å². The van der Waals surface area contributed by atoms with Gasteiger partial charge in [-0.15, -0.1) is 162 Å². The summed E-state index contributed by atoms with van der Waals surface area (Å²) in [6.07, 6.45) is 16.1. The van der Waals surface area contributed by atoms with Crippen LogP contribution in [0.4, 0.5) is 11.5 Å². The van der Waals surface area contributed by atoms with Gasteiger partial charge in [-0.1, -0.05) is 192 Å². The molecule has 11 aromatic carbocycles. The maximum Gasteiger partial charge on any atom is 3.00 e. The average Bonchev–Trinajstić information content (AvgIpc) is 0.891. The molecule has 11 heterocycles. The van der Waals surface area contributed by atoms with Crippen LogP contribution in [0.3, 0.4) is 0 Å². The van der Waals surface area contributed by atoms with Crippen molar-refractivity contribution in [3.05, 3.63) is 572 Å². The van der Waals surface area contributed by atoms with Gasteiger partial charge in [-0.25, -0.2) is 16.1 Å². The molecule has 0 spiro atoms. The van der Waals surface area contributed by atoms with Gasteiger partial charge in [0, 0.05) is 97.0 Å². The molecule has 0 saturated heterocycles. The molecule has 0 aliphatic rings. The third kappa shape index (κ3) is 33.9. The molecule has 0 amide bonds. The molecule has 11 aromatic heterocycles. The summed E-state index contributed by atoms with van der Waals surface area (Å²) in [6.45, 7) is 9.50. The van der Waals surface area contributed by atoms with E-state index in [0.29, 0.717) is 0 Å². The maximum absolute atomic E-state index is 6.25. The molecule has 0 N–H and O–H groups in total. The summed E-state index contributed by atoms with van der Waals surface area (Å²) in [7, 11) is 1.12. The van der Waals surface area contributed by atoms with E-state index in [9.17, 15) is 0 Å². The Kier molecular flexibility index (Phi) is 48.7. The van der Waals surface area contributed by atoms with Crippen LogP contribution in [-0.4, -0.2) is 61.9 Å². The van der Waals surface area contributed by atoms with E-state index in [2.05, 4.69) is 189 Å². The maximum atomic E-state index is 6.25. The molecule has 0 saturated carbocycles. The minimum absolute atomic E-state index is 0. The molecule has 0 radical (unpaired) electrons. The first kappa shape index (κ1) is 112. The molecule has 20 heteroatoms. The molecule has 0 fully saturated rings. The first-order chi connectivity index (χ1) is 68.9. The predicted octanol–water partition coefficient (Wildman–Crippen LogP) is 27.0. The second-order valence-corrected chi connectivity index (χ2v) is 32.4. The predicted molar refractivity (Wildman–Crippen MR) is 561 cm³/mol. The van der Waals surface area contributed by atoms with E-state index < -0.39 is 7.92 Å². The summed E-state index contributed by atoms with van der Waals surface area (Å²) < 4.78 is 0. The summed E-state index contributed by atoms with van der Waals surface area (Å²) in [5.74, 6) is 0.856. The molecule has 0 aliphatic carbocycles. The third-order valence-electron chi connectivity index (χ3n) is 20.8. The third-order valence-corrected chi connectivity index (χ3v) is 23.5. The average molecular weight is 2470 g/mol. The minimum Gasteiger partial charge on any atom is -0.512 e. The largest absolute Gasteiger partial charge is 3.00 e. The van der Waals surface area contributed by atoms with Crippen molar-refractivity contribution in [2.45, 2.75) is 0 Å². The topological polar surface area (TPSA) is 193 Å². The minimum atomic E-state index is -0.877. The van der Waals surface area contributed by atoms with Crippen molar-refractivity contribution in [2.24, 2.45) is 0 Å². The number of nitrogens with zero attached hydrogens (tertiary/aromatic N) is 14. The SMILES string of the molecule is CN(c1[c-]c(-c2ccccn2)ccc1)c1cccc(-c2[c-]cccc2)n1.[C-]#N.[C-]#N.[Cu+].[Pd+2].[Pt+2].[Pt+2].[Rh+3].[c-]1c(-c2ccccn2)cccc1-c1ccccn1.[c-]1c(-c2ccccn2)cccc1-c1ccccn1.[c-]1ccccc1-c1[c-]c(-c2ccccn2)ccc1.[c-]1ccccc1-c1[c-]c(-c2ccccn2)ccc1.c1ccc(-c2cccc(-c3ccccn3)n2)nc1.c1ccc([PH+](c2ccccc2)c2ccccc2)cc1. The quantitative estimate of drug-likeness (QED) is 0.0475. The van der Waals surface area contributed by atoms with Gasteiger partial charge in [-0.2, -0.15) is 83.9 Å². The summed E-state index contributed by atoms with van der Waals surface area (Å²) in [5, 5.41) is 16.8. The molecule has 0 atom stereocenters. The van der Waals surface area contributed by atoms with E-state index >= 15 is 0 Å². The van der Waals surface area contributed by atoms with Crippen LogP contribution in [-0.2, 0) is 99.1 Å². The molecule has 0 unspecified atom stereocenters. The Morgan fingerprint density at radius 3 is 0.701 bits per heavy atom.